The fourth-order valence-corrected chi connectivity index (χ4v) is 2.48. The Labute approximate surface area is 88.1 Å². The molecule has 3 unspecified atom stereocenters. The van der Waals surface area contributed by atoms with Gasteiger partial charge in [0.25, 0.3) is 0 Å². The Morgan fingerprint density at radius 1 is 1.36 bits per heavy atom. The van der Waals surface area contributed by atoms with Gasteiger partial charge < -0.3 is 10.4 Å². The minimum Gasteiger partial charge on any atom is -0.395 e. The fraction of sp³-hybridized carbons (Fsp3) is 1.00. The van der Waals surface area contributed by atoms with Gasteiger partial charge in [-0.2, -0.15) is 0 Å². The molecule has 0 aromatic rings. The predicted molar refractivity (Wildman–Crippen MR) is 60.3 cm³/mol. The van der Waals surface area contributed by atoms with Crippen molar-refractivity contribution in [3.05, 3.63) is 0 Å². The van der Waals surface area contributed by atoms with Crippen LogP contribution in [0.5, 0.6) is 0 Å². The third-order valence-corrected chi connectivity index (χ3v) is 3.61. The fourth-order valence-electron chi connectivity index (χ4n) is 2.48. The number of nitrogens with one attached hydrogen (secondary N) is 1. The summed E-state index contributed by atoms with van der Waals surface area (Å²) < 4.78 is 0. The third-order valence-electron chi connectivity index (χ3n) is 3.61. The van der Waals surface area contributed by atoms with Crippen molar-refractivity contribution in [2.45, 2.75) is 58.5 Å². The smallest absolute Gasteiger partial charge is 0.0587 e. The first-order valence-corrected chi connectivity index (χ1v) is 6.06. The lowest BCUT2D eigenvalue weighted by molar-refractivity contribution is 0.189. The zero-order valence-electron chi connectivity index (χ0n) is 9.79. The number of aliphatic hydroxyl groups is 1. The molecule has 1 aliphatic rings. The molecular weight excluding hydrogens is 174 g/mol. The Hall–Kier alpha value is -0.0800. The quantitative estimate of drug-likeness (QED) is 0.711. The van der Waals surface area contributed by atoms with Crippen molar-refractivity contribution < 1.29 is 5.11 Å². The van der Waals surface area contributed by atoms with Gasteiger partial charge in [0.15, 0.2) is 0 Å². The first-order chi connectivity index (χ1) is 6.69. The van der Waals surface area contributed by atoms with Crippen LogP contribution in [0.25, 0.3) is 0 Å². The van der Waals surface area contributed by atoms with Crippen molar-refractivity contribution in [1.82, 2.24) is 5.32 Å². The van der Waals surface area contributed by atoms with E-state index in [1.54, 1.807) is 0 Å². The number of hydrogen-bond donors (Lipinski definition) is 2. The van der Waals surface area contributed by atoms with E-state index in [4.69, 9.17) is 0 Å². The SMILES string of the molecule is CCC1CCCC1NC(CO)C(C)C. The van der Waals surface area contributed by atoms with Gasteiger partial charge in [-0.3, -0.25) is 0 Å². The summed E-state index contributed by atoms with van der Waals surface area (Å²) in [7, 11) is 0. The molecule has 0 radical (unpaired) electrons. The molecule has 2 N–H and O–H groups in total. The molecule has 84 valence electrons. The summed E-state index contributed by atoms with van der Waals surface area (Å²) in [6, 6.07) is 0.937. The Morgan fingerprint density at radius 2 is 2.07 bits per heavy atom. The molecule has 0 aromatic carbocycles. The van der Waals surface area contributed by atoms with Crippen LogP contribution in [0.15, 0.2) is 0 Å². The van der Waals surface area contributed by atoms with Crippen molar-refractivity contribution in [3.8, 4) is 0 Å². The highest BCUT2D eigenvalue weighted by Gasteiger charge is 2.28. The van der Waals surface area contributed by atoms with E-state index in [2.05, 4.69) is 26.1 Å². The average Bonchev–Trinajstić information content (AvgIpc) is 2.60. The van der Waals surface area contributed by atoms with E-state index in [1.807, 2.05) is 0 Å². The summed E-state index contributed by atoms with van der Waals surface area (Å²) in [5.74, 6) is 1.36. The predicted octanol–water partition coefficient (Wildman–Crippen LogP) is 2.17. The minimum atomic E-state index is 0.268. The van der Waals surface area contributed by atoms with Crippen LogP contribution in [0.3, 0.4) is 0 Å². The zero-order valence-corrected chi connectivity index (χ0v) is 9.79. The average molecular weight is 199 g/mol. The molecule has 0 bridgehead atoms. The molecule has 14 heavy (non-hydrogen) atoms. The van der Waals surface area contributed by atoms with Gasteiger partial charge in [0.05, 0.1) is 6.61 Å². The summed E-state index contributed by atoms with van der Waals surface area (Å²) in [5, 5.41) is 12.9. The molecular formula is C12H25NO. The molecule has 0 aliphatic heterocycles. The highest BCUT2D eigenvalue weighted by atomic mass is 16.3. The lowest BCUT2D eigenvalue weighted by Crippen LogP contribution is -2.45. The van der Waals surface area contributed by atoms with Crippen LogP contribution in [0.2, 0.25) is 0 Å². The second kappa shape index (κ2) is 5.72. The van der Waals surface area contributed by atoms with E-state index in [9.17, 15) is 5.11 Å². The van der Waals surface area contributed by atoms with Crippen molar-refractivity contribution >= 4 is 0 Å². The minimum absolute atomic E-state index is 0.268. The molecule has 1 rings (SSSR count). The Bertz CT molecular complexity index is 158. The molecule has 1 saturated carbocycles. The van der Waals surface area contributed by atoms with E-state index < -0.39 is 0 Å². The topological polar surface area (TPSA) is 32.3 Å². The summed E-state index contributed by atoms with van der Waals surface area (Å²) >= 11 is 0. The Kier molecular flexibility index (Phi) is 4.90. The van der Waals surface area contributed by atoms with Gasteiger partial charge in [0.1, 0.15) is 0 Å². The van der Waals surface area contributed by atoms with Crippen molar-refractivity contribution in [3.63, 3.8) is 0 Å². The van der Waals surface area contributed by atoms with Crippen molar-refractivity contribution in [1.29, 1.82) is 0 Å². The summed E-state index contributed by atoms with van der Waals surface area (Å²) in [5.41, 5.74) is 0. The largest absolute Gasteiger partial charge is 0.395 e. The van der Waals surface area contributed by atoms with Gasteiger partial charge in [-0.1, -0.05) is 33.6 Å². The molecule has 0 aromatic heterocycles. The molecule has 1 aliphatic carbocycles. The molecule has 2 heteroatoms. The first-order valence-electron chi connectivity index (χ1n) is 6.06. The highest BCUT2D eigenvalue weighted by Crippen LogP contribution is 2.28. The van der Waals surface area contributed by atoms with E-state index in [1.165, 1.54) is 25.7 Å². The lowest BCUT2D eigenvalue weighted by Gasteiger charge is -2.27. The molecule has 2 nitrogen and oxygen atoms in total. The number of hydrogen-bond acceptors (Lipinski definition) is 2. The Balaban J connectivity index is 2.41. The summed E-state index contributed by atoms with van der Waals surface area (Å²) in [4.78, 5) is 0. The second-order valence-corrected chi connectivity index (χ2v) is 4.91. The van der Waals surface area contributed by atoms with Gasteiger partial charge in [0.2, 0.25) is 0 Å². The van der Waals surface area contributed by atoms with Gasteiger partial charge in [0, 0.05) is 12.1 Å². The van der Waals surface area contributed by atoms with E-state index in [0.29, 0.717) is 12.0 Å². The number of aliphatic hydroxyl groups excluding tert-OH is 1. The molecule has 0 saturated heterocycles. The third kappa shape index (κ3) is 2.96. The maximum atomic E-state index is 9.25. The van der Waals surface area contributed by atoms with Crippen LogP contribution < -0.4 is 5.32 Å². The van der Waals surface area contributed by atoms with Crippen LogP contribution in [0.4, 0.5) is 0 Å². The molecule has 0 spiro atoms. The van der Waals surface area contributed by atoms with Gasteiger partial charge >= 0.3 is 0 Å². The van der Waals surface area contributed by atoms with Gasteiger partial charge in [-0.15, -0.1) is 0 Å². The maximum Gasteiger partial charge on any atom is 0.0587 e. The standard InChI is InChI=1S/C12H25NO/c1-4-10-6-5-7-11(10)13-12(8-14)9(2)3/h9-14H,4-8H2,1-3H3. The Morgan fingerprint density at radius 3 is 2.57 bits per heavy atom. The highest BCUT2D eigenvalue weighted by molar-refractivity contribution is 4.85. The van der Waals surface area contributed by atoms with Gasteiger partial charge in [-0.25, -0.2) is 0 Å². The van der Waals surface area contributed by atoms with E-state index in [0.717, 1.165) is 5.92 Å². The first kappa shape index (κ1) is 12.0. The second-order valence-electron chi connectivity index (χ2n) is 4.91. The van der Waals surface area contributed by atoms with Crippen LogP contribution in [0.1, 0.15) is 46.5 Å². The van der Waals surface area contributed by atoms with Crippen LogP contribution in [0, 0.1) is 11.8 Å². The van der Waals surface area contributed by atoms with Gasteiger partial charge in [-0.05, 0) is 24.7 Å². The lowest BCUT2D eigenvalue weighted by atomic mass is 9.97. The normalized spacial score (nSPS) is 29.8. The van der Waals surface area contributed by atoms with Crippen molar-refractivity contribution in [2.75, 3.05) is 6.61 Å². The molecule has 0 heterocycles. The monoisotopic (exact) mass is 199 g/mol. The molecule has 3 atom stereocenters. The summed E-state index contributed by atoms with van der Waals surface area (Å²) in [6.45, 7) is 6.88. The van der Waals surface area contributed by atoms with E-state index >= 15 is 0 Å². The zero-order chi connectivity index (χ0) is 10.6. The maximum absolute atomic E-state index is 9.25. The molecule has 0 amide bonds. The van der Waals surface area contributed by atoms with Crippen LogP contribution in [-0.4, -0.2) is 23.8 Å². The van der Waals surface area contributed by atoms with Crippen LogP contribution >= 0.6 is 0 Å². The molecule has 1 fully saturated rings. The van der Waals surface area contributed by atoms with Crippen LogP contribution in [-0.2, 0) is 0 Å². The number of rotatable bonds is 5. The summed E-state index contributed by atoms with van der Waals surface area (Å²) in [6.07, 6.45) is 5.28. The van der Waals surface area contributed by atoms with Crippen molar-refractivity contribution in [2.24, 2.45) is 11.8 Å². The van der Waals surface area contributed by atoms with E-state index in [-0.39, 0.29) is 12.6 Å².